The smallest absolute Gasteiger partial charge is 0.251 e. The Morgan fingerprint density at radius 1 is 1.08 bits per heavy atom. The molecular weight excluding hydrogens is 314 g/mol. The number of carbonyl (C=O) groups is 2. The van der Waals surface area contributed by atoms with E-state index in [0.717, 1.165) is 5.56 Å². The molecule has 0 unspecified atom stereocenters. The number of nitriles is 1. The van der Waals surface area contributed by atoms with Crippen LogP contribution in [0.15, 0.2) is 54.6 Å². The number of benzene rings is 2. The second-order valence-electron chi connectivity index (χ2n) is 5.78. The first-order chi connectivity index (χ1) is 12.1. The molecule has 0 aromatic heterocycles. The fraction of sp³-hybridized carbons (Fsp3) is 0.250. The van der Waals surface area contributed by atoms with Crippen LogP contribution in [0, 0.1) is 11.3 Å². The Bertz CT molecular complexity index is 749. The lowest BCUT2D eigenvalue weighted by molar-refractivity contribution is -0.130. The predicted molar refractivity (Wildman–Crippen MR) is 95.6 cm³/mol. The number of nitrogens with zero attached hydrogens (tertiary/aromatic N) is 2. The molecule has 0 atom stereocenters. The Hall–Kier alpha value is -3.13. The summed E-state index contributed by atoms with van der Waals surface area (Å²) in [7, 11) is 1.75. The van der Waals surface area contributed by atoms with E-state index >= 15 is 0 Å². The minimum atomic E-state index is -0.126. The van der Waals surface area contributed by atoms with E-state index in [1.807, 2.05) is 30.3 Å². The second kappa shape index (κ2) is 9.24. The lowest BCUT2D eigenvalue weighted by Crippen LogP contribution is -2.28. The number of amides is 2. The molecule has 0 aliphatic heterocycles. The molecule has 0 aliphatic carbocycles. The minimum Gasteiger partial charge on any atom is -0.352 e. The van der Waals surface area contributed by atoms with Crippen LogP contribution in [-0.4, -0.2) is 30.3 Å². The largest absolute Gasteiger partial charge is 0.352 e. The van der Waals surface area contributed by atoms with Gasteiger partial charge in [-0.25, -0.2) is 0 Å². The molecule has 0 bridgehead atoms. The van der Waals surface area contributed by atoms with Gasteiger partial charge in [-0.1, -0.05) is 30.3 Å². The number of carbonyl (C=O) groups excluding carboxylic acids is 2. The van der Waals surface area contributed by atoms with Gasteiger partial charge in [-0.3, -0.25) is 9.59 Å². The molecule has 25 heavy (non-hydrogen) atoms. The van der Waals surface area contributed by atoms with Gasteiger partial charge >= 0.3 is 0 Å². The maximum atomic E-state index is 12.1. The summed E-state index contributed by atoms with van der Waals surface area (Å²) in [5, 5.41) is 11.6. The summed E-state index contributed by atoms with van der Waals surface area (Å²) < 4.78 is 0. The molecule has 128 valence electrons. The summed E-state index contributed by atoms with van der Waals surface area (Å²) in [4.78, 5) is 25.7. The van der Waals surface area contributed by atoms with Crippen LogP contribution in [0.1, 0.15) is 34.3 Å². The van der Waals surface area contributed by atoms with Crippen LogP contribution in [-0.2, 0) is 11.3 Å². The zero-order valence-electron chi connectivity index (χ0n) is 14.2. The highest BCUT2D eigenvalue weighted by Crippen LogP contribution is 2.07. The Morgan fingerprint density at radius 2 is 1.76 bits per heavy atom. The standard InChI is InChI=1S/C20H21N3O2/c1-23(15-17-11-9-16(14-21)10-12-17)19(24)8-5-13-22-20(25)18-6-3-2-4-7-18/h2-4,6-7,9-12H,5,8,13,15H2,1H3,(H,22,25). The lowest BCUT2D eigenvalue weighted by atomic mass is 10.1. The van der Waals surface area contributed by atoms with Gasteiger partial charge in [-0.2, -0.15) is 5.26 Å². The SMILES string of the molecule is CN(Cc1ccc(C#N)cc1)C(=O)CCCNC(=O)c1ccccc1. The van der Waals surface area contributed by atoms with Crippen LogP contribution >= 0.6 is 0 Å². The maximum Gasteiger partial charge on any atom is 0.251 e. The molecule has 0 aliphatic rings. The van der Waals surface area contributed by atoms with Crippen molar-refractivity contribution in [3.8, 4) is 6.07 Å². The van der Waals surface area contributed by atoms with Gasteiger partial charge in [0.1, 0.15) is 0 Å². The van der Waals surface area contributed by atoms with Gasteiger partial charge in [0.2, 0.25) is 5.91 Å². The van der Waals surface area contributed by atoms with E-state index in [0.29, 0.717) is 37.1 Å². The molecule has 0 fully saturated rings. The summed E-state index contributed by atoms with van der Waals surface area (Å²) in [6, 6.07) is 18.3. The molecule has 2 aromatic rings. The third-order valence-corrected chi connectivity index (χ3v) is 3.82. The monoisotopic (exact) mass is 335 g/mol. The van der Waals surface area contributed by atoms with Gasteiger partial charge in [0.15, 0.2) is 0 Å². The van der Waals surface area contributed by atoms with Crippen molar-refractivity contribution in [1.82, 2.24) is 10.2 Å². The average molecular weight is 335 g/mol. The van der Waals surface area contributed by atoms with Crippen LogP contribution in [0.25, 0.3) is 0 Å². The molecule has 0 saturated heterocycles. The zero-order chi connectivity index (χ0) is 18.1. The number of hydrogen-bond acceptors (Lipinski definition) is 3. The van der Waals surface area contributed by atoms with Crippen molar-refractivity contribution in [2.45, 2.75) is 19.4 Å². The summed E-state index contributed by atoms with van der Waals surface area (Å²) in [6.07, 6.45) is 0.969. The Morgan fingerprint density at radius 3 is 2.40 bits per heavy atom. The first kappa shape index (κ1) is 18.2. The topological polar surface area (TPSA) is 73.2 Å². The predicted octanol–water partition coefficient (Wildman–Crippen LogP) is 2.73. The van der Waals surface area contributed by atoms with Crippen molar-refractivity contribution in [3.05, 3.63) is 71.3 Å². The van der Waals surface area contributed by atoms with Crippen molar-refractivity contribution >= 4 is 11.8 Å². The van der Waals surface area contributed by atoms with Crippen molar-refractivity contribution in [2.75, 3.05) is 13.6 Å². The molecule has 2 rings (SSSR count). The van der Waals surface area contributed by atoms with Crippen molar-refractivity contribution in [1.29, 1.82) is 5.26 Å². The molecule has 5 nitrogen and oxygen atoms in total. The van der Waals surface area contributed by atoms with E-state index in [9.17, 15) is 9.59 Å². The molecule has 0 heterocycles. The molecule has 1 N–H and O–H groups in total. The Kier molecular flexibility index (Phi) is 6.73. The van der Waals surface area contributed by atoms with E-state index in [4.69, 9.17) is 5.26 Å². The van der Waals surface area contributed by atoms with Crippen LogP contribution in [0.5, 0.6) is 0 Å². The Balaban J connectivity index is 1.70. The fourth-order valence-electron chi connectivity index (χ4n) is 2.37. The molecule has 2 amide bonds. The first-order valence-corrected chi connectivity index (χ1v) is 8.16. The quantitative estimate of drug-likeness (QED) is 0.791. The highest BCUT2D eigenvalue weighted by molar-refractivity contribution is 5.94. The van der Waals surface area contributed by atoms with Gasteiger partial charge in [0.25, 0.3) is 5.91 Å². The number of nitrogens with one attached hydrogen (secondary N) is 1. The van der Waals surface area contributed by atoms with Gasteiger partial charge in [-0.15, -0.1) is 0 Å². The number of rotatable bonds is 7. The third kappa shape index (κ3) is 5.78. The van der Waals surface area contributed by atoms with Crippen LogP contribution in [0.4, 0.5) is 0 Å². The maximum absolute atomic E-state index is 12.1. The summed E-state index contributed by atoms with van der Waals surface area (Å²) >= 11 is 0. The van der Waals surface area contributed by atoms with Crippen molar-refractivity contribution in [3.63, 3.8) is 0 Å². The van der Waals surface area contributed by atoms with Gasteiger partial charge in [0, 0.05) is 32.1 Å². The fourth-order valence-corrected chi connectivity index (χ4v) is 2.37. The molecular formula is C20H21N3O2. The van der Waals surface area contributed by atoms with Crippen molar-refractivity contribution in [2.24, 2.45) is 0 Å². The van der Waals surface area contributed by atoms with Crippen molar-refractivity contribution < 1.29 is 9.59 Å². The highest BCUT2D eigenvalue weighted by Gasteiger charge is 2.10. The van der Waals surface area contributed by atoms with Crippen LogP contribution in [0.3, 0.4) is 0 Å². The average Bonchev–Trinajstić information content (AvgIpc) is 2.66. The molecule has 0 radical (unpaired) electrons. The summed E-state index contributed by atoms with van der Waals surface area (Å²) in [5.74, 6) is -0.0997. The first-order valence-electron chi connectivity index (χ1n) is 8.16. The van der Waals surface area contributed by atoms with Gasteiger partial charge < -0.3 is 10.2 Å². The summed E-state index contributed by atoms with van der Waals surface area (Å²) in [5.41, 5.74) is 2.20. The third-order valence-electron chi connectivity index (χ3n) is 3.82. The van der Waals surface area contributed by atoms with E-state index < -0.39 is 0 Å². The second-order valence-corrected chi connectivity index (χ2v) is 5.78. The van der Waals surface area contributed by atoms with Crippen LogP contribution < -0.4 is 5.32 Å². The van der Waals surface area contributed by atoms with Crippen LogP contribution in [0.2, 0.25) is 0 Å². The lowest BCUT2D eigenvalue weighted by Gasteiger charge is -2.17. The molecule has 2 aromatic carbocycles. The highest BCUT2D eigenvalue weighted by atomic mass is 16.2. The van der Waals surface area contributed by atoms with E-state index in [-0.39, 0.29) is 11.8 Å². The van der Waals surface area contributed by atoms with E-state index in [1.165, 1.54) is 0 Å². The normalized spacial score (nSPS) is 9.92. The minimum absolute atomic E-state index is 0.0262. The molecule has 0 saturated carbocycles. The Labute approximate surface area is 147 Å². The number of hydrogen-bond donors (Lipinski definition) is 1. The zero-order valence-corrected chi connectivity index (χ0v) is 14.2. The molecule has 5 heteroatoms. The van der Waals surface area contributed by atoms with Gasteiger partial charge in [-0.05, 0) is 36.2 Å². The summed E-state index contributed by atoms with van der Waals surface area (Å²) in [6.45, 7) is 0.963. The molecule has 0 spiro atoms. The van der Waals surface area contributed by atoms with Gasteiger partial charge in [0.05, 0.1) is 11.6 Å². The van der Waals surface area contributed by atoms with E-state index in [2.05, 4.69) is 11.4 Å². The van der Waals surface area contributed by atoms with E-state index in [1.54, 1.807) is 36.2 Å².